The van der Waals surface area contributed by atoms with Gasteiger partial charge < -0.3 is 10.6 Å². The van der Waals surface area contributed by atoms with E-state index >= 15 is 0 Å². The summed E-state index contributed by atoms with van der Waals surface area (Å²) in [5.41, 5.74) is 5.73. The summed E-state index contributed by atoms with van der Waals surface area (Å²) < 4.78 is 37.9. The predicted octanol–water partition coefficient (Wildman–Crippen LogP) is 3.02. The Morgan fingerprint density at radius 1 is 1.33 bits per heavy atom. The van der Waals surface area contributed by atoms with Crippen molar-refractivity contribution in [3.05, 3.63) is 29.8 Å². The number of halogens is 3. The molecule has 1 aromatic rings. The van der Waals surface area contributed by atoms with Crippen LogP contribution < -0.4 is 10.6 Å². The van der Waals surface area contributed by atoms with Crippen LogP contribution in [0.25, 0.3) is 0 Å². The predicted molar refractivity (Wildman–Crippen MR) is 65.5 cm³/mol. The van der Waals surface area contributed by atoms with Crippen LogP contribution in [0.2, 0.25) is 0 Å². The maximum atomic E-state index is 12.6. The van der Waals surface area contributed by atoms with Crippen LogP contribution in [-0.2, 0) is 6.18 Å². The number of benzene rings is 1. The number of alkyl halides is 3. The van der Waals surface area contributed by atoms with E-state index in [1.54, 1.807) is 6.07 Å². The zero-order valence-corrected chi connectivity index (χ0v) is 10.3. The van der Waals surface area contributed by atoms with Crippen LogP contribution in [0.5, 0.6) is 0 Å². The molecule has 5 heteroatoms. The van der Waals surface area contributed by atoms with Gasteiger partial charge in [0.1, 0.15) is 0 Å². The Balaban J connectivity index is 2.23. The topological polar surface area (TPSA) is 29.3 Å². The van der Waals surface area contributed by atoms with Gasteiger partial charge in [-0.25, -0.2) is 0 Å². The molecule has 18 heavy (non-hydrogen) atoms. The van der Waals surface area contributed by atoms with Crippen LogP contribution in [0.4, 0.5) is 18.9 Å². The van der Waals surface area contributed by atoms with Gasteiger partial charge in [0, 0.05) is 24.3 Å². The Bertz CT molecular complexity index is 426. The molecule has 1 aliphatic heterocycles. The molecule has 0 aliphatic carbocycles. The van der Waals surface area contributed by atoms with E-state index in [2.05, 4.69) is 0 Å². The molecular formula is C13H17F3N2. The Morgan fingerprint density at radius 3 is 2.67 bits per heavy atom. The van der Waals surface area contributed by atoms with E-state index in [0.29, 0.717) is 12.2 Å². The molecule has 1 fully saturated rings. The third kappa shape index (κ3) is 2.96. The van der Waals surface area contributed by atoms with Crippen molar-refractivity contribution < 1.29 is 13.2 Å². The lowest BCUT2D eigenvalue weighted by Gasteiger charge is -2.39. The Labute approximate surface area is 105 Å². The molecule has 0 aromatic heterocycles. The molecule has 0 amide bonds. The van der Waals surface area contributed by atoms with Crippen molar-refractivity contribution in [1.82, 2.24) is 0 Å². The fourth-order valence-corrected chi connectivity index (χ4v) is 2.37. The van der Waals surface area contributed by atoms with Gasteiger partial charge in [0.15, 0.2) is 0 Å². The zero-order valence-electron chi connectivity index (χ0n) is 10.3. The normalized spacial score (nSPS) is 25.3. The van der Waals surface area contributed by atoms with Gasteiger partial charge in [0.25, 0.3) is 0 Å². The smallest absolute Gasteiger partial charge is 0.370 e. The fourth-order valence-electron chi connectivity index (χ4n) is 2.37. The third-order valence-electron chi connectivity index (χ3n) is 3.27. The maximum Gasteiger partial charge on any atom is 0.416 e. The van der Waals surface area contributed by atoms with Gasteiger partial charge >= 0.3 is 6.18 Å². The van der Waals surface area contributed by atoms with E-state index in [-0.39, 0.29) is 5.54 Å². The first-order valence-electron chi connectivity index (χ1n) is 5.99. The van der Waals surface area contributed by atoms with Crippen LogP contribution >= 0.6 is 0 Å². The molecule has 0 spiro atoms. The molecule has 1 aliphatic rings. The van der Waals surface area contributed by atoms with Crippen molar-refractivity contribution in [3.8, 4) is 0 Å². The van der Waals surface area contributed by atoms with Gasteiger partial charge in [-0.15, -0.1) is 0 Å². The zero-order chi connectivity index (χ0) is 13.4. The van der Waals surface area contributed by atoms with E-state index in [1.807, 2.05) is 11.8 Å². The van der Waals surface area contributed by atoms with Crippen molar-refractivity contribution in [2.45, 2.75) is 31.5 Å². The van der Waals surface area contributed by atoms with Gasteiger partial charge in [-0.05, 0) is 38.0 Å². The summed E-state index contributed by atoms with van der Waals surface area (Å²) >= 11 is 0. The van der Waals surface area contributed by atoms with Crippen molar-refractivity contribution in [1.29, 1.82) is 0 Å². The molecule has 1 aromatic carbocycles. The first kappa shape index (κ1) is 13.2. The largest absolute Gasteiger partial charge is 0.416 e. The lowest BCUT2D eigenvalue weighted by molar-refractivity contribution is -0.137. The summed E-state index contributed by atoms with van der Waals surface area (Å²) in [7, 11) is 0. The van der Waals surface area contributed by atoms with Gasteiger partial charge in [-0.1, -0.05) is 6.07 Å². The number of anilines is 1. The van der Waals surface area contributed by atoms with Crippen LogP contribution in [0.3, 0.4) is 0 Å². The fraction of sp³-hybridized carbons (Fsp3) is 0.538. The molecule has 1 heterocycles. The number of hydrogen-bond donors (Lipinski definition) is 1. The standard InChI is InChI=1S/C13H17F3N2/c1-12(17)6-3-7-18(9-12)11-5-2-4-10(8-11)13(14,15)16/h2,4-5,8H,3,6-7,9,17H2,1H3. The minimum absolute atomic E-state index is 0.327. The highest BCUT2D eigenvalue weighted by Gasteiger charge is 2.32. The SMILES string of the molecule is CC1(N)CCCN(c2cccc(C(F)(F)F)c2)C1. The number of piperidine rings is 1. The summed E-state index contributed by atoms with van der Waals surface area (Å²) in [5.74, 6) is 0. The average molecular weight is 258 g/mol. The lowest BCUT2D eigenvalue weighted by Crippen LogP contribution is -2.52. The van der Waals surface area contributed by atoms with E-state index in [9.17, 15) is 13.2 Å². The highest BCUT2D eigenvalue weighted by Crippen LogP contribution is 2.32. The monoisotopic (exact) mass is 258 g/mol. The van der Waals surface area contributed by atoms with Crippen molar-refractivity contribution in [2.24, 2.45) is 5.73 Å². The number of rotatable bonds is 1. The highest BCUT2D eigenvalue weighted by molar-refractivity contribution is 5.50. The minimum Gasteiger partial charge on any atom is -0.370 e. The molecule has 2 rings (SSSR count). The summed E-state index contributed by atoms with van der Waals surface area (Å²) in [5, 5.41) is 0. The molecule has 0 bridgehead atoms. The van der Waals surface area contributed by atoms with Crippen LogP contribution in [0.15, 0.2) is 24.3 Å². The molecule has 1 saturated heterocycles. The van der Waals surface area contributed by atoms with E-state index in [1.165, 1.54) is 12.1 Å². The first-order chi connectivity index (χ1) is 8.28. The van der Waals surface area contributed by atoms with E-state index < -0.39 is 11.7 Å². The van der Waals surface area contributed by atoms with Gasteiger partial charge in [-0.2, -0.15) is 13.2 Å². The lowest BCUT2D eigenvalue weighted by atomic mass is 9.92. The Morgan fingerprint density at radius 2 is 2.06 bits per heavy atom. The van der Waals surface area contributed by atoms with Crippen molar-refractivity contribution >= 4 is 5.69 Å². The Kier molecular flexibility index (Phi) is 3.27. The molecule has 1 unspecified atom stereocenters. The molecule has 0 radical (unpaired) electrons. The average Bonchev–Trinajstić information content (AvgIpc) is 2.27. The van der Waals surface area contributed by atoms with Crippen LogP contribution in [0, 0.1) is 0 Å². The highest BCUT2D eigenvalue weighted by atomic mass is 19.4. The Hall–Kier alpha value is -1.23. The van der Waals surface area contributed by atoms with Crippen LogP contribution in [-0.4, -0.2) is 18.6 Å². The number of nitrogens with zero attached hydrogens (tertiary/aromatic N) is 1. The maximum absolute atomic E-state index is 12.6. The number of hydrogen-bond acceptors (Lipinski definition) is 2. The quantitative estimate of drug-likeness (QED) is 0.839. The number of nitrogens with two attached hydrogens (primary N) is 1. The van der Waals surface area contributed by atoms with E-state index in [4.69, 9.17) is 5.73 Å². The van der Waals surface area contributed by atoms with Gasteiger partial charge in [-0.3, -0.25) is 0 Å². The van der Waals surface area contributed by atoms with E-state index in [0.717, 1.165) is 25.5 Å². The van der Waals surface area contributed by atoms with Gasteiger partial charge in [0.05, 0.1) is 5.56 Å². The summed E-state index contributed by atoms with van der Waals surface area (Å²) in [4.78, 5) is 1.93. The molecule has 2 N–H and O–H groups in total. The third-order valence-corrected chi connectivity index (χ3v) is 3.27. The molecular weight excluding hydrogens is 241 g/mol. The second-order valence-corrected chi connectivity index (χ2v) is 5.23. The summed E-state index contributed by atoms with van der Waals surface area (Å²) in [6, 6.07) is 5.44. The summed E-state index contributed by atoms with van der Waals surface area (Å²) in [6.07, 6.45) is -2.48. The molecule has 2 nitrogen and oxygen atoms in total. The molecule has 1 atom stereocenters. The second-order valence-electron chi connectivity index (χ2n) is 5.23. The molecule has 0 saturated carbocycles. The van der Waals surface area contributed by atoms with Crippen molar-refractivity contribution in [2.75, 3.05) is 18.0 Å². The second kappa shape index (κ2) is 4.46. The van der Waals surface area contributed by atoms with Gasteiger partial charge in [0.2, 0.25) is 0 Å². The first-order valence-corrected chi connectivity index (χ1v) is 5.99. The minimum atomic E-state index is -4.29. The molecule has 100 valence electrons. The van der Waals surface area contributed by atoms with Crippen LogP contribution in [0.1, 0.15) is 25.3 Å². The van der Waals surface area contributed by atoms with Crippen molar-refractivity contribution in [3.63, 3.8) is 0 Å². The summed E-state index contributed by atoms with van der Waals surface area (Å²) in [6.45, 7) is 3.29.